The number of carboxylic acid groups (broad SMARTS) is 2. The van der Waals surface area contributed by atoms with Crippen LogP contribution in [0.1, 0.15) is 56.2 Å². The number of aliphatic carboxylic acids is 2. The molecule has 0 bridgehead atoms. The fraction of sp³-hybridized carbons (Fsp3) is 0.406. The van der Waals surface area contributed by atoms with Crippen molar-refractivity contribution in [3.63, 3.8) is 0 Å². The topological polar surface area (TPSA) is 290 Å². The molecular formula is C32H42F6N8O7. The third kappa shape index (κ3) is 18.8. The summed E-state index contributed by atoms with van der Waals surface area (Å²) in [6.45, 7) is 5.77. The van der Waals surface area contributed by atoms with E-state index in [4.69, 9.17) is 48.1 Å². The van der Waals surface area contributed by atoms with Crippen LogP contribution >= 0.6 is 0 Å². The Morgan fingerprint density at radius 2 is 1.25 bits per heavy atom. The van der Waals surface area contributed by atoms with Crippen molar-refractivity contribution in [2.75, 3.05) is 6.54 Å². The smallest absolute Gasteiger partial charge is 0.475 e. The molecule has 0 aliphatic heterocycles. The molecule has 2 aromatic carbocycles. The van der Waals surface area contributed by atoms with Gasteiger partial charge in [0.05, 0.1) is 5.92 Å². The van der Waals surface area contributed by atoms with Gasteiger partial charge in [-0.25, -0.2) is 9.59 Å². The maximum Gasteiger partial charge on any atom is 0.490 e. The average Bonchev–Trinajstić information content (AvgIpc) is 3.03. The highest BCUT2D eigenvalue weighted by molar-refractivity contribution is 5.95. The Bertz CT molecular complexity index is 1550. The van der Waals surface area contributed by atoms with Crippen LogP contribution < -0.4 is 33.6 Å². The van der Waals surface area contributed by atoms with Gasteiger partial charge in [-0.3, -0.25) is 24.8 Å². The maximum atomic E-state index is 13.7. The first-order valence-electron chi connectivity index (χ1n) is 15.2. The van der Waals surface area contributed by atoms with E-state index in [1.165, 1.54) is 0 Å². The van der Waals surface area contributed by atoms with Gasteiger partial charge in [-0.05, 0) is 35.8 Å². The predicted molar refractivity (Wildman–Crippen MR) is 180 cm³/mol. The van der Waals surface area contributed by atoms with Gasteiger partial charge in [0.25, 0.3) is 0 Å². The van der Waals surface area contributed by atoms with E-state index in [0.29, 0.717) is 18.4 Å². The van der Waals surface area contributed by atoms with Crippen molar-refractivity contribution >= 4 is 41.5 Å². The number of halogens is 6. The second-order valence-corrected chi connectivity index (χ2v) is 12.1. The van der Waals surface area contributed by atoms with Crippen molar-refractivity contribution in [2.45, 2.75) is 70.4 Å². The van der Waals surface area contributed by atoms with Gasteiger partial charge in [-0.1, -0.05) is 75.4 Å². The van der Waals surface area contributed by atoms with Gasteiger partial charge < -0.3 is 43.8 Å². The van der Waals surface area contributed by atoms with Crippen molar-refractivity contribution in [1.29, 1.82) is 5.41 Å². The molecule has 3 atom stereocenters. The number of aliphatic imine (C=N–C) groups is 1. The molecule has 3 amide bonds. The summed E-state index contributed by atoms with van der Waals surface area (Å²) in [7, 11) is 0. The average molecular weight is 765 g/mol. The third-order valence-electron chi connectivity index (χ3n) is 6.73. The number of nitrogens with one attached hydrogen (secondary N) is 3. The molecule has 0 aromatic heterocycles. The van der Waals surface area contributed by atoms with Crippen molar-refractivity contribution in [3.8, 4) is 0 Å². The number of amides is 3. The number of carbonyl (C=O) groups excluding carboxylic acids is 3. The summed E-state index contributed by atoms with van der Waals surface area (Å²) in [5, 5.41) is 27.5. The monoisotopic (exact) mass is 764 g/mol. The van der Waals surface area contributed by atoms with E-state index >= 15 is 0 Å². The molecule has 0 spiro atoms. The summed E-state index contributed by atoms with van der Waals surface area (Å²) in [4.78, 5) is 60.8. The molecule has 0 saturated carbocycles. The van der Waals surface area contributed by atoms with Gasteiger partial charge in [-0.2, -0.15) is 26.3 Å². The normalized spacial score (nSPS) is 12.8. The van der Waals surface area contributed by atoms with E-state index in [1.807, 2.05) is 63.2 Å². The van der Waals surface area contributed by atoms with Gasteiger partial charge in [0.1, 0.15) is 17.9 Å². The van der Waals surface area contributed by atoms with E-state index in [0.717, 1.165) is 11.1 Å². The Hall–Kier alpha value is -5.89. The Morgan fingerprint density at radius 1 is 0.774 bits per heavy atom. The molecule has 0 saturated heterocycles. The number of carbonyl (C=O) groups is 5. The lowest BCUT2D eigenvalue weighted by Gasteiger charge is -2.33. The molecular weight excluding hydrogens is 722 g/mol. The number of nitrogen functional groups attached to an aromatic ring is 1. The molecule has 53 heavy (non-hydrogen) atoms. The SMILES string of the molecule is CC(C)(C)[C@H](NC(=O)C(Cc1ccc(C(=N)N)cc1)c1ccccc1)C(=O)N[C@@H](CCCN=C(N)N)C(N)=O.O=C(O)C(F)(F)F.O=C(O)C(F)(F)F. The highest BCUT2D eigenvalue weighted by Gasteiger charge is 2.39. The Kier molecular flexibility index (Phi) is 18.5. The lowest BCUT2D eigenvalue weighted by molar-refractivity contribution is -0.193. The molecule has 1 unspecified atom stereocenters. The second kappa shape index (κ2) is 20.8. The Labute approximate surface area is 299 Å². The lowest BCUT2D eigenvalue weighted by Crippen LogP contribution is -2.58. The highest BCUT2D eigenvalue weighted by Crippen LogP contribution is 2.25. The number of nitrogens with two attached hydrogens (primary N) is 4. The fourth-order valence-corrected chi connectivity index (χ4v) is 4.07. The molecule has 2 rings (SSSR count). The standard InChI is InChI=1S/C28H40N8O3.2C2HF3O2/c1-28(2,3)22(26(39)35-21(24(31)37)10-7-15-34-27(32)33)36-25(38)20(18-8-5-4-6-9-18)16-17-11-13-19(14-12-17)23(29)30;2*3-2(4,5)1(6)7/h4-6,8-9,11-14,20-22H,7,10,15-16H2,1-3H3,(H3,29,30)(H2,31,37)(H,35,39)(H,36,38)(H4,32,33,34);2*(H,6,7)/t20?,21-,22+;;/m0../s1. The Balaban J connectivity index is 0.00000162. The largest absolute Gasteiger partial charge is 0.490 e. The lowest BCUT2D eigenvalue weighted by atomic mass is 9.84. The number of benzene rings is 2. The quantitative estimate of drug-likeness (QED) is 0.0620. The molecule has 13 N–H and O–H groups in total. The van der Waals surface area contributed by atoms with E-state index in [1.54, 1.807) is 12.1 Å². The van der Waals surface area contributed by atoms with Crippen molar-refractivity contribution in [3.05, 3.63) is 71.3 Å². The molecule has 294 valence electrons. The summed E-state index contributed by atoms with van der Waals surface area (Å²) in [6, 6.07) is 14.5. The van der Waals surface area contributed by atoms with Crippen molar-refractivity contribution in [2.24, 2.45) is 33.3 Å². The number of guanidine groups is 1. The molecule has 0 fully saturated rings. The molecule has 15 nitrogen and oxygen atoms in total. The van der Waals surface area contributed by atoms with E-state index in [2.05, 4.69) is 15.6 Å². The summed E-state index contributed by atoms with van der Waals surface area (Å²) in [5.41, 5.74) is 23.3. The van der Waals surface area contributed by atoms with Crippen molar-refractivity contribution < 1.29 is 60.5 Å². The number of carboxylic acids is 2. The van der Waals surface area contributed by atoms with E-state index < -0.39 is 59.5 Å². The van der Waals surface area contributed by atoms with Crippen LogP contribution in [0.3, 0.4) is 0 Å². The van der Waals surface area contributed by atoms with Gasteiger partial charge in [0, 0.05) is 12.1 Å². The van der Waals surface area contributed by atoms with Crippen LogP contribution in [-0.4, -0.2) is 82.6 Å². The summed E-state index contributed by atoms with van der Waals surface area (Å²) < 4.78 is 63.5. The van der Waals surface area contributed by atoms with Crippen LogP contribution in [-0.2, 0) is 30.4 Å². The number of amidine groups is 1. The van der Waals surface area contributed by atoms with Crippen LogP contribution in [0.5, 0.6) is 0 Å². The second-order valence-electron chi connectivity index (χ2n) is 12.1. The number of nitrogens with zero attached hydrogens (tertiary/aromatic N) is 1. The van der Waals surface area contributed by atoms with Crippen LogP contribution in [0.25, 0.3) is 0 Å². The fourth-order valence-electron chi connectivity index (χ4n) is 4.07. The first-order valence-corrected chi connectivity index (χ1v) is 15.2. The van der Waals surface area contributed by atoms with Gasteiger partial charge in [0.2, 0.25) is 17.7 Å². The number of hydrogen-bond acceptors (Lipinski definition) is 7. The first kappa shape index (κ1) is 47.1. The van der Waals surface area contributed by atoms with Crippen molar-refractivity contribution in [1.82, 2.24) is 10.6 Å². The predicted octanol–water partition coefficient (Wildman–Crippen LogP) is 2.12. The number of rotatable bonds is 13. The van der Waals surface area contributed by atoms with Crippen LogP contribution in [0, 0.1) is 10.8 Å². The molecule has 0 heterocycles. The number of primary amides is 1. The van der Waals surface area contributed by atoms with Gasteiger partial charge in [-0.15, -0.1) is 0 Å². The first-order chi connectivity index (χ1) is 24.2. The van der Waals surface area contributed by atoms with Gasteiger partial charge >= 0.3 is 24.3 Å². The molecule has 2 aromatic rings. The molecule has 0 aliphatic carbocycles. The minimum atomic E-state index is -5.08. The molecule has 0 radical (unpaired) electrons. The minimum absolute atomic E-state index is 0.0385. The zero-order valence-electron chi connectivity index (χ0n) is 28.7. The third-order valence-corrected chi connectivity index (χ3v) is 6.73. The molecule has 21 heteroatoms. The van der Waals surface area contributed by atoms with E-state index in [-0.39, 0.29) is 30.7 Å². The highest BCUT2D eigenvalue weighted by atomic mass is 19.4. The zero-order chi connectivity index (χ0) is 41.3. The van der Waals surface area contributed by atoms with Crippen LogP contribution in [0.2, 0.25) is 0 Å². The Morgan fingerprint density at radius 3 is 1.62 bits per heavy atom. The zero-order valence-corrected chi connectivity index (χ0v) is 28.7. The van der Waals surface area contributed by atoms with Gasteiger partial charge in [0.15, 0.2) is 5.96 Å². The van der Waals surface area contributed by atoms with Crippen LogP contribution in [0.15, 0.2) is 59.6 Å². The maximum absolute atomic E-state index is 13.7. The number of hydrogen-bond donors (Lipinski definition) is 9. The number of alkyl halides is 6. The van der Waals surface area contributed by atoms with Crippen LogP contribution in [0.4, 0.5) is 26.3 Å². The molecule has 0 aliphatic rings. The summed E-state index contributed by atoms with van der Waals surface area (Å²) in [6.07, 6.45) is -9.14. The summed E-state index contributed by atoms with van der Waals surface area (Å²) in [5.74, 6) is -7.76. The van der Waals surface area contributed by atoms with E-state index in [9.17, 15) is 40.7 Å². The minimum Gasteiger partial charge on any atom is -0.475 e. The summed E-state index contributed by atoms with van der Waals surface area (Å²) >= 11 is 0.